The van der Waals surface area contributed by atoms with Crippen LogP contribution in [0, 0.1) is 6.92 Å². The topological polar surface area (TPSA) is 101 Å². The molecule has 0 aromatic heterocycles. The summed E-state index contributed by atoms with van der Waals surface area (Å²) in [6.45, 7) is 2.01. The van der Waals surface area contributed by atoms with Crippen molar-refractivity contribution in [3.8, 4) is 0 Å². The van der Waals surface area contributed by atoms with E-state index in [-0.39, 0.29) is 6.54 Å². The van der Waals surface area contributed by atoms with Crippen LogP contribution in [-0.4, -0.2) is 19.6 Å². The van der Waals surface area contributed by atoms with Crippen LogP contribution in [0.5, 0.6) is 0 Å². The Kier molecular flexibility index (Phi) is 4.78. The van der Waals surface area contributed by atoms with Gasteiger partial charge in [0.05, 0.1) is 12.7 Å². The molecule has 0 amide bonds. The molecule has 0 aliphatic carbocycles. The van der Waals surface area contributed by atoms with Gasteiger partial charge in [-0.25, -0.2) is 4.79 Å². The molecule has 0 aliphatic rings. The molecule has 0 atom stereocenters. The lowest BCUT2D eigenvalue weighted by Gasteiger charge is -2.08. The third kappa shape index (κ3) is 3.26. The van der Waals surface area contributed by atoms with Crippen molar-refractivity contribution in [2.75, 3.05) is 19.4 Å². The van der Waals surface area contributed by atoms with E-state index >= 15 is 0 Å². The highest BCUT2D eigenvalue weighted by atomic mass is 16.5. The van der Waals surface area contributed by atoms with Crippen molar-refractivity contribution in [3.63, 3.8) is 0 Å². The van der Waals surface area contributed by atoms with Crippen molar-refractivity contribution >= 4 is 17.7 Å². The van der Waals surface area contributed by atoms with E-state index < -0.39 is 5.97 Å². The second-order valence-electron chi connectivity index (χ2n) is 3.59. The minimum Gasteiger partial charge on any atom is -0.465 e. The van der Waals surface area contributed by atoms with Gasteiger partial charge in [0.2, 0.25) is 0 Å². The fourth-order valence-electron chi connectivity index (χ4n) is 1.45. The van der Waals surface area contributed by atoms with Crippen LogP contribution in [-0.2, 0) is 4.74 Å². The molecular weight excluding hydrogens is 232 g/mol. The minimum atomic E-state index is -0.426. The molecule has 0 unspecified atom stereocenters. The average molecular weight is 246 g/mol. The van der Waals surface area contributed by atoms with E-state index in [0.717, 1.165) is 5.56 Å². The molecule has 0 saturated carbocycles. The Hall–Kier alpha value is -2.46. The highest BCUT2D eigenvalue weighted by Gasteiger charge is 2.11. The molecule has 0 saturated heterocycles. The number of ether oxygens (including phenoxy) is 1. The summed E-state index contributed by atoms with van der Waals surface area (Å²) in [5, 5.41) is 3.37. The molecular formula is C12H14N4O2. The summed E-state index contributed by atoms with van der Waals surface area (Å²) in [4.78, 5) is 14.2. The minimum absolute atomic E-state index is 0.248. The number of nitrogens with two attached hydrogens (primary N) is 1. The average Bonchev–Trinajstić information content (AvgIpc) is 2.37. The van der Waals surface area contributed by atoms with Gasteiger partial charge in [0, 0.05) is 17.1 Å². The van der Waals surface area contributed by atoms with Crippen LogP contribution in [0.4, 0.5) is 5.69 Å². The molecule has 0 aliphatic heterocycles. The predicted octanol–water partition coefficient (Wildman–Crippen LogP) is 2.69. The van der Waals surface area contributed by atoms with Gasteiger partial charge in [0.15, 0.2) is 0 Å². The molecule has 2 N–H and O–H groups in total. The first-order chi connectivity index (χ1) is 8.60. The highest BCUT2D eigenvalue weighted by molar-refractivity contribution is 5.93. The second kappa shape index (κ2) is 6.32. The quantitative estimate of drug-likeness (QED) is 0.290. The van der Waals surface area contributed by atoms with E-state index in [1.54, 1.807) is 31.2 Å². The van der Waals surface area contributed by atoms with Crippen molar-refractivity contribution in [1.29, 1.82) is 0 Å². The fourth-order valence-corrected chi connectivity index (χ4v) is 1.45. The first-order valence-corrected chi connectivity index (χ1v) is 5.26. The maximum Gasteiger partial charge on any atom is 0.338 e. The maximum absolute atomic E-state index is 11.5. The Labute approximate surface area is 105 Å². The van der Waals surface area contributed by atoms with Crippen molar-refractivity contribution in [1.82, 2.24) is 0 Å². The van der Waals surface area contributed by atoms with E-state index in [1.807, 2.05) is 0 Å². The molecule has 1 aromatic carbocycles. The zero-order valence-electron chi connectivity index (χ0n) is 10.3. The molecule has 1 rings (SSSR count). The fraction of sp³-hybridized carbons (Fsp3) is 0.250. The lowest BCUT2D eigenvalue weighted by molar-refractivity contribution is 0.0600. The number of esters is 1. The van der Waals surface area contributed by atoms with Crippen LogP contribution < -0.4 is 5.73 Å². The summed E-state index contributed by atoms with van der Waals surface area (Å²) in [7, 11) is 1.32. The van der Waals surface area contributed by atoms with E-state index in [0.29, 0.717) is 16.8 Å². The van der Waals surface area contributed by atoms with Crippen molar-refractivity contribution < 1.29 is 9.53 Å². The number of methoxy groups -OCH3 is 1. The molecule has 0 fully saturated rings. The standard InChI is InChI=1S/C12H14N4O2/c1-8-10(12(17)18-2)6-9(7-11(8)13)4-3-5-15-16-14/h3-4,6-7H,5,13H2,1-2H3. The Bertz CT molecular complexity index is 531. The van der Waals surface area contributed by atoms with Gasteiger partial charge in [-0.1, -0.05) is 17.3 Å². The number of hydrogen-bond acceptors (Lipinski definition) is 4. The molecule has 94 valence electrons. The molecule has 1 aromatic rings. The lowest BCUT2D eigenvalue weighted by atomic mass is 10.0. The van der Waals surface area contributed by atoms with Gasteiger partial charge in [-0.05, 0) is 35.7 Å². The summed E-state index contributed by atoms with van der Waals surface area (Å²) in [6, 6.07) is 3.43. The Morgan fingerprint density at radius 1 is 1.61 bits per heavy atom. The Morgan fingerprint density at radius 2 is 2.33 bits per heavy atom. The predicted molar refractivity (Wildman–Crippen MR) is 70.0 cm³/mol. The smallest absolute Gasteiger partial charge is 0.338 e. The molecule has 0 radical (unpaired) electrons. The highest BCUT2D eigenvalue weighted by Crippen LogP contribution is 2.20. The second-order valence-corrected chi connectivity index (χ2v) is 3.59. The molecule has 0 spiro atoms. The number of carbonyl (C=O) groups is 1. The van der Waals surface area contributed by atoms with Crippen LogP contribution in [0.15, 0.2) is 23.3 Å². The molecule has 18 heavy (non-hydrogen) atoms. The van der Waals surface area contributed by atoms with Crippen LogP contribution in [0.2, 0.25) is 0 Å². The van der Waals surface area contributed by atoms with Crippen molar-refractivity contribution in [2.45, 2.75) is 6.92 Å². The van der Waals surface area contributed by atoms with Crippen molar-refractivity contribution in [3.05, 3.63) is 45.3 Å². The summed E-state index contributed by atoms with van der Waals surface area (Å²) in [5.41, 5.74) is 16.3. The molecule has 0 bridgehead atoms. The monoisotopic (exact) mass is 246 g/mol. The van der Waals surface area contributed by atoms with Gasteiger partial charge >= 0.3 is 5.97 Å². The van der Waals surface area contributed by atoms with E-state index in [4.69, 9.17) is 11.3 Å². The lowest BCUT2D eigenvalue weighted by Crippen LogP contribution is -2.06. The number of nitrogens with zero attached hydrogens (tertiary/aromatic N) is 3. The molecule has 6 heteroatoms. The normalized spacial score (nSPS) is 10.1. The molecule has 0 heterocycles. The van der Waals surface area contributed by atoms with Crippen LogP contribution >= 0.6 is 0 Å². The first-order valence-electron chi connectivity index (χ1n) is 5.26. The van der Waals surface area contributed by atoms with Crippen molar-refractivity contribution in [2.24, 2.45) is 5.11 Å². The SMILES string of the molecule is COC(=O)c1cc(C=CCN=[N+]=[N-])cc(N)c1C. The zero-order valence-corrected chi connectivity index (χ0v) is 10.3. The third-order valence-electron chi connectivity index (χ3n) is 2.44. The Balaban J connectivity index is 3.08. The number of hydrogen-bond donors (Lipinski definition) is 1. The van der Waals surface area contributed by atoms with Crippen LogP contribution in [0.3, 0.4) is 0 Å². The van der Waals surface area contributed by atoms with Gasteiger partial charge in [-0.2, -0.15) is 0 Å². The summed E-state index contributed by atoms with van der Waals surface area (Å²) in [6.07, 6.45) is 3.42. The van der Waals surface area contributed by atoms with Gasteiger partial charge in [-0.3, -0.25) is 0 Å². The van der Waals surface area contributed by atoms with Gasteiger partial charge in [0.25, 0.3) is 0 Å². The summed E-state index contributed by atoms with van der Waals surface area (Å²) in [5.74, 6) is -0.426. The zero-order chi connectivity index (χ0) is 13.5. The van der Waals surface area contributed by atoms with E-state index in [1.165, 1.54) is 7.11 Å². The number of carbonyl (C=O) groups excluding carboxylic acids is 1. The summed E-state index contributed by atoms with van der Waals surface area (Å²) < 4.78 is 4.68. The van der Waals surface area contributed by atoms with E-state index in [9.17, 15) is 4.79 Å². The number of azide groups is 1. The van der Waals surface area contributed by atoms with Crippen LogP contribution in [0.25, 0.3) is 16.5 Å². The molecule has 6 nitrogen and oxygen atoms in total. The number of benzene rings is 1. The summed E-state index contributed by atoms with van der Waals surface area (Å²) >= 11 is 0. The van der Waals surface area contributed by atoms with Gasteiger partial charge in [0.1, 0.15) is 0 Å². The van der Waals surface area contributed by atoms with E-state index in [2.05, 4.69) is 14.8 Å². The number of anilines is 1. The van der Waals surface area contributed by atoms with Crippen LogP contribution in [0.1, 0.15) is 21.5 Å². The first kappa shape index (κ1) is 13.6. The van der Waals surface area contributed by atoms with Gasteiger partial charge < -0.3 is 10.5 Å². The number of rotatable bonds is 4. The Morgan fingerprint density at radius 3 is 2.94 bits per heavy atom. The van der Waals surface area contributed by atoms with Gasteiger partial charge in [-0.15, -0.1) is 0 Å². The largest absolute Gasteiger partial charge is 0.465 e. The number of nitrogen functional groups attached to an aromatic ring is 1. The third-order valence-corrected chi connectivity index (χ3v) is 2.44. The maximum atomic E-state index is 11.5.